The summed E-state index contributed by atoms with van der Waals surface area (Å²) in [6, 6.07) is 5.45. The second-order valence-electron chi connectivity index (χ2n) is 6.28. The number of benzene rings is 1. The Labute approximate surface area is 132 Å². The second-order valence-corrected chi connectivity index (χ2v) is 6.28. The third kappa shape index (κ3) is 4.45. The molecular weight excluding hydrogens is 280 g/mol. The van der Waals surface area contributed by atoms with Crippen molar-refractivity contribution in [2.45, 2.75) is 38.8 Å². The van der Waals surface area contributed by atoms with E-state index >= 15 is 0 Å². The lowest BCUT2D eigenvalue weighted by Crippen LogP contribution is -2.41. The maximum Gasteiger partial charge on any atom is 0.339 e. The van der Waals surface area contributed by atoms with Crippen molar-refractivity contribution >= 4 is 5.97 Å². The fourth-order valence-electron chi connectivity index (χ4n) is 3.03. The van der Waals surface area contributed by atoms with Crippen LogP contribution in [0.25, 0.3) is 0 Å². The maximum atomic E-state index is 11.0. The Bertz CT molecular complexity index is 519. The highest BCUT2D eigenvalue weighted by atomic mass is 16.4. The molecule has 1 atom stereocenters. The average Bonchev–Trinajstić information content (AvgIpc) is 2.48. The summed E-state index contributed by atoms with van der Waals surface area (Å²) in [5.41, 5.74) is 0.875. The highest BCUT2D eigenvalue weighted by molar-refractivity contribution is 5.90. The first kappa shape index (κ1) is 16.8. The summed E-state index contributed by atoms with van der Waals surface area (Å²) in [4.78, 5) is 15.8. The number of phenols is 1. The zero-order valence-electron chi connectivity index (χ0n) is 13.5. The molecule has 1 saturated heterocycles. The molecule has 1 fully saturated rings. The summed E-state index contributed by atoms with van der Waals surface area (Å²) < 4.78 is 0. The molecule has 0 amide bonds. The fraction of sp³-hybridized carbons (Fsp3) is 0.588. The third-order valence-corrected chi connectivity index (χ3v) is 4.45. The summed E-state index contributed by atoms with van der Waals surface area (Å²) in [5, 5.41) is 18.6. The van der Waals surface area contributed by atoms with Gasteiger partial charge in [-0.05, 0) is 51.1 Å². The molecule has 0 saturated carbocycles. The Hall–Kier alpha value is -1.59. The molecule has 0 aromatic heterocycles. The monoisotopic (exact) mass is 306 g/mol. The lowest BCUT2D eigenvalue weighted by molar-refractivity contribution is 0.0693. The quantitative estimate of drug-likeness (QED) is 0.845. The number of rotatable bonds is 6. The zero-order chi connectivity index (χ0) is 16.1. The van der Waals surface area contributed by atoms with Crippen molar-refractivity contribution in [3.63, 3.8) is 0 Å². The van der Waals surface area contributed by atoms with Gasteiger partial charge < -0.3 is 15.1 Å². The Morgan fingerprint density at radius 1 is 1.41 bits per heavy atom. The minimum atomic E-state index is -1.09. The first-order valence-corrected chi connectivity index (χ1v) is 7.95. The third-order valence-electron chi connectivity index (χ3n) is 4.45. The maximum absolute atomic E-state index is 11.0. The van der Waals surface area contributed by atoms with Crippen LogP contribution in [-0.4, -0.2) is 58.7 Å². The summed E-state index contributed by atoms with van der Waals surface area (Å²) in [7, 11) is 2.04. The van der Waals surface area contributed by atoms with E-state index < -0.39 is 5.97 Å². The van der Waals surface area contributed by atoms with Gasteiger partial charge in [-0.15, -0.1) is 0 Å². The number of aromatic carboxylic acids is 1. The molecule has 1 aliphatic rings. The molecule has 0 spiro atoms. The van der Waals surface area contributed by atoms with Gasteiger partial charge in [0.25, 0.3) is 0 Å². The van der Waals surface area contributed by atoms with Gasteiger partial charge in [-0.25, -0.2) is 4.79 Å². The van der Waals surface area contributed by atoms with Crippen molar-refractivity contribution in [3.05, 3.63) is 29.3 Å². The number of likely N-dealkylation sites (tertiary alicyclic amines) is 1. The van der Waals surface area contributed by atoms with Gasteiger partial charge >= 0.3 is 5.97 Å². The number of aromatic hydroxyl groups is 1. The molecule has 1 heterocycles. The van der Waals surface area contributed by atoms with Gasteiger partial charge in [0.05, 0.1) is 0 Å². The van der Waals surface area contributed by atoms with Crippen LogP contribution in [0.15, 0.2) is 18.2 Å². The molecule has 22 heavy (non-hydrogen) atoms. The van der Waals surface area contributed by atoms with E-state index in [1.54, 1.807) is 12.1 Å². The van der Waals surface area contributed by atoms with Crippen molar-refractivity contribution in [3.8, 4) is 5.75 Å². The van der Waals surface area contributed by atoms with Gasteiger partial charge in [-0.2, -0.15) is 0 Å². The molecule has 0 radical (unpaired) electrons. The van der Waals surface area contributed by atoms with E-state index in [4.69, 9.17) is 5.11 Å². The molecule has 1 aromatic rings. The van der Waals surface area contributed by atoms with Crippen molar-refractivity contribution in [1.29, 1.82) is 0 Å². The molecule has 122 valence electrons. The molecule has 5 nitrogen and oxygen atoms in total. The van der Waals surface area contributed by atoms with Gasteiger partial charge in [0.1, 0.15) is 11.3 Å². The Kier molecular flexibility index (Phi) is 5.80. The minimum absolute atomic E-state index is 0.0319. The molecule has 0 aliphatic carbocycles. The highest BCUT2D eigenvalue weighted by Crippen LogP contribution is 2.19. The van der Waals surface area contributed by atoms with Crippen molar-refractivity contribution in [2.24, 2.45) is 0 Å². The van der Waals surface area contributed by atoms with Crippen LogP contribution in [0.2, 0.25) is 0 Å². The molecule has 1 aromatic carbocycles. The smallest absolute Gasteiger partial charge is 0.339 e. The number of carboxylic acid groups (broad SMARTS) is 1. The number of piperidine rings is 1. The number of hydrogen-bond acceptors (Lipinski definition) is 4. The van der Waals surface area contributed by atoms with Gasteiger partial charge in [0, 0.05) is 25.7 Å². The normalized spacial score (nSPS) is 19.5. The molecule has 5 heteroatoms. The molecule has 2 N–H and O–H groups in total. The Morgan fingerprint density at radius 2 is 2.18 bits per heavy atom. The number of carbonyl (C=O) groups is 1. The van der Waals surface area contributed by atoms with Gasteiger partial charge in [-0.3, -0.25) is 4.90 Å². The standard InChI is InChI=1S/C17H26N2O3/c1-13-5-3-4-8-19(13)10-9-18(2)12-14-6-7-16(20)15(11-14)17(21)22/h6-7,11,13,20H,3-5,8-10,12H2,1-2H3,(H,21,22). The fourth-order valence-corrected chi connectivity index (χ4v) is 3.03. The molecular formula is C17H26N2O3. The van der Waals surface area contributed by atoms with Crippen LogP contribution in [0.5, 0.6) is 5.75 Å². The number of carboxylic acids is 1. The van der Waals surface area contributed by atoms with Gasteiger partial charge in [0.15, 0.2) is 0 Å². The van der Waals surface area contributed by atoms with Crippen LogP contribution in [0.1, 0.15) is 42.1 Å². The van der Waals surface area contributed by atoms with Crippen LogP contribution < -0.4 is 0 Å². The Morgan fingerprint density at radius 3 is 2.86 bits per heavy atom. The number of nitrogens with zero attached hydrogens (tertiary/aromatic N) is 2. The van der Waals surface area contributed by atoms with E-state index in [1.165, 1.54) is 31.9 Å². The van der Waals surface area contributed by atoms with E-state index in [0.717, 1.165) is 18.7 Å². The van der Waals surface area contributed by atoms with E-state index in [2.05, 4.69) is 16.7 Å². The zero-order valence-corrected chi connectivity index (χ0v) is 13.5. The van der Waals surface area contributed by atoms with E-state index in [9.17, 15) is 9.90 Å². The molecule has 0 bridgehead atoms. The predicted octanol–water partition coefficient (Wildman–Crippen LogP) is 2.40. The number of likely N-dealkylation sites (N-methyl/N-ethyl adjacent to an activating group) is 1. The first-order chi connectivity index (χ1) is 10.5. The first-order valence-electron chi connectivity index (χ1n) is 7.95. The predicted molar refractivity (Wildman–Crippen MR) is 86.3 cm³/mol. The lowest BCUT2D eigenvalue weighted by atomic mass is 10.0. The van der Waals surface area contributed by atoms with E-state index in [-0.39, 0.29) is 11.3 Å². The van der Waals surface area contributed by atoms with Crippen molar-refractivity contribution in [2.75, 3.05) is 26.7 Å². The van der Waals surface area contributed by atoms with Crippen LogP contribution in [0.3, 0.4) is 0 Å². The summed E-state index contributed by atoms with van der Waals surface area (Å²) >= 11 is 0. The molecule has 2 rings (SSSR count). The van der Waals surface area contributed by atoms with Crippen molar-refractivity contribution < 1.29 is 15.0 Å². The van der Waals surface area contributed by atoms with Crippen LogP contribution in [0, 0.1) is 0 Å². The van der Waals surface area contributed by atoms with Crippen LogP contribution >= 0.6 is 0 Å². The van der Waals surface area contributed by atoms with Crippen LogP contribution in [-0.2, 0) is 6.54 Å². The second kappa shape index (κ2) is 7.61. The number of hydrogen-bond donors (Lipinski definition) is 2. The Balaban J connectivity index is 1.87. The van der Waals surface area contributed by atoms with Crippen LogP contribution in [0.4, 0.5) is 0 Å². The topological polar surface area (TPSA) is 64.0 Å². The van der Waals surface area contributed by atoms with E-state index in [0.29, 0.717) is 12.6 Å². The van der Waals surface area contributed by atoms with Gasteiger partial charge in [-0.1, -0.05) is 12.5 Å². The summed E-state index contributed by atoms with van der Waals surface area (Å²) in [6.07, 6.45) is 3.90. The van der Waals surface area contributed by atoms with Gasteiger partial charge in [0.2, 0.25) is 0 Å². The summed E-state index contributed by atoms with van der Waals surface area (Å²) in [5.74, 6) is -1.27. The van der Waals surface area contributed by atoms with Crippen molar-refractivity contribution in [1.82, 2.24) is 9.80 Å². The largest absolute Gasteiger partial charge is 0.507 e. The van der Waals surface area contributed by atoms with E-state index in [1.807, 2.05) is 7.05 Å². The summed E-state index contributed by atoms with van der Waals surface area (Å²) in [6.45, 7) is 6.15. The molecule has 1 unspecified atom stereocenters. The minimum Gasteiger partial charge on any atom is -0.507 e. The SMILES string of the molecule is CC1CCCCN1CCN(C)Cc1ccc(O)c(C(=O)O)c1. The highest BCUT2D eigenvalue weighted by Gasteiger charge is 2.18. The average molecular weight is 306 g/mol. The lowest BCUT2D eigenvalue weighted by Gasteiger charge is -2.34. The molecule has 1 aliphatic heterocycles.